The van der Waals surface area contributed by atoms with Crippen LogP contribution in [0.25, 0.3) is 5.76 Å². The van der Waals surface area contributed by atoms with Gasteiger partial charge in [-0.05, 0) is 49.7 Å². The summed E-state index contributed by atoms with van der Waals surface area (Å²) in [5.74, 6) is -2.32. The molecule has 7 nitrogen and oxygen atoms in total. The van der Waals surface area contributed by atoms with Gasteiger partial charge >= 0.3 is 5.91 Å². The lowest BCUT2D eigenvalue weighted by atomic mass is 9.95. The molecule has 5 rings (SSSR count). The van der Waals surface area contributed by atoms with Crippen molar-refractivity contribution in [2.75, 3.05) is 4.90 Å². The molecule has 1 N–H and O–H groups in total. The molecule has 2 heterocycles. The number of nitrogens with zero attached hydrogens (tertiary/aromatic N) is 3. The van der Waals surface area contributed by atoms with E-state index in [9.17, 15) is 19.1 Å². The third-order valence-corrected chi connectivity index (χ3v) is 6.82. The Bertz CT molecular complexity index is 1530. The molecule has 1 aliphatic rings. The van der Waals surface area contributed by atoms with Gasteiger partial charge in [0.05, 0.1) is 5.57 Å². The first-order valence-corrected chi connectivity index (χ1v) is 12.3. The number of aliphatic hydroxyl groups excluding tert-OH is 1. The largest absolute Gasteiger partial charge is 0.507 e. The van der Waals surface area contributed by atoms with E-state index in [1.807, 2.05) is 31.2 Å². The fraction of sp³-hybridized carbons (Fsp3) is 0.143. The Hall–Kier alpha value is -4.37. The molecule has 1 fully saturated rings. The molecular formula is C28H22FN3O4S. The molecule has 1 aromatic heterocycles. The van der Waals surface area contributed by atoms with Crippen molar-refractivity contribution in [3.63, 3.8) is 0 Å². The highest BCUT2D eigenvalue weighted by atomic mass is 32.1. The number of ketones is 1. The number of rotatable bonds is 6. The van der Waals surface area contributed by atoms with Crippen LogP contribution < -0.4 is 9.64 Å². The van der Waals surface area contributed by atoms with E-state index in [0.29, 0.717) is 17.4 Å². The summed E-state index contributed by atoms with van der Waals surface area (Å²) in [6, 6.07) is 19.1. The number of ether oxygens (including phenoxy) is 1. The smallest absolute Gasteiger partial charge is 0.301 e. The van der Waals surface area contributed by atoms with Crippen molar-refractivity contribution in [2.24, 2.45) is 0 Å². The maximum atomic E-state index is 14.9. The minimum atomic E-state index is -1.20. The third-order valence-electron chi connectivity index (χ3n) is 5.98. The lowest BCUT2D eigenvalue weighted by molar-refractivity contribution is -0.132. The van der Waals surface area contributed by atoms with Gasteiger partial charge < -0.3 is 9.84 Å². The first-order chi connectivity index (χ1) is 17.8. The highest BCUT2D eigenvalue weighted by Crippen LogP contribution is 2.43. The lowest BCUT2D eigenvalue weighted by Crippen LogP contribution is -2.29. The van der Waals surface area contributed by atoms with Gasteiger partial charge in [0.1, 0.15) is 35.0 Å². The van der Waals surface area contributed by atoms with Gasteiger partial charge in [-0.15, -0.1) is 10.2 Å². The number of halogens is 1. The number of hydrogen-bond acceptors (Lipinski definition) is 7. The second kappa shape index (κ2) is 9.94. The Morgan fingerprint density at radius 2 is 1.78 bits per heavy atom. The summed E-state index contributed by atoms with van der Waals surface area (Å²) in [6.07, 6.45) is 0. The molecule has 1 amide bonds. The number of aromatic nitrogens is 2. The number of anilines is 1. The number of amides is 1. The first-order valence-electron chi connectivity index (χ1n) is 11.5. The molecular weight excluding hydrogens is 493 g/mol. The third kappa shape index (κ3) is 4.73. The average molecular weight is 516 g/mol. The quantitative estimate of drug-likeness (QED) is 0.207. The SMILES string of the molecule is Cc1cccc(COc2ccc(/C(O)=C3\C(=O)C(=O)N(c4nnc(C)s4)[C@@H]3c3ccccc3F)cc2)c1. The number of hydrogen-bond donors (Lipinski definition) is 1. The summed E-state index contributed by atoms with van der Waals surface area (Å²) in [7, 11) is 0. The number of carbonyl (C=O) groups excluding carboxylic acids is 2. The zero-order chi connectivity index (χ0) is 26.1. The van der Waals surface area contributed by atoms with E-state index < -0.39 is 29.3 Å². The predicted molar refractivity (Wildman–Crippen MR) is 138 cm³/mol. The number of Topliss-reactive ketones (excluding diaryl/α,β-unsaturated/α-hetero) is 1. The molecule has 0 radical (unpaired) electrons. The van der Waals surface area contributed by atoms with E-state index >= 15 is 0 Å². The molecule has 9 heteroatoms. The molecule has 186 valence electrons. The molecule has 4 aromatic rings. The first kappa shape index (κ1) is 24.3. The Balaban J connectivity index is 1.51. The van der Waals surface area contributed by atoms with Crippen LogP contribution in [0.5, 0.6) is 5.75 Å². The van der Waals surface area contributed by atoms with Gasteiger partial charge in [-0.1, -0.05) is 59.4 Å². The van der Waals surface area contributed by atoms with Crippen LogP contribution in [0.15, 0.2) is 78.4 Å². The van der Waals surface area contributed by atoms with Gasteiger partial charge in [-0.3, -0.25) is 14.5 Å². The van der Waals surface area contributed by atoms with E-state index in [1.165, 1.54) is 18.2 Å². The Morgan fingerprint density at radius 3 is 2.46 bits per heavy atom. The lowest BCUT2D eigenvalue weighted by Gasteiger charge is -2.22. The zero-order valence-corrected chi connectivity index (χ0v) is 20.8. The molecule has 37 heavy (non-hydrogen) atoms. The molecule has 1 atom stereocenters. The summed E-state index contributed by atoms with van der Waals surface area (Å²) in [4.78, 5) is 27.3. The van der Waals surface area contributed by atoms with Gasteiger partial charge in [0.2, 0.25) is 5.13 Å². The molecule has 1 saturated heterocycles. The summed E-state index contributed by atoms with van der Waals surface area (Å²) < 4.78 is 20.8. The van der Waals surface area contributed by atoms with Crippen LogP contribution in [-0.2, 0) is 16.2 Å². The number of benzene rings is 3. The Morgan fingerprint density at radius 1 is 1.03 bits per heavy atom. The maximum Gasteiger partial charge on any atom is 0.301 e. The monoisotopic (exact) mass is 515 g/mol. The normalized spacial score (nSPS) is 16.8. The minimum absolute atomic E-state index is 0.0641. The number of aryl methyl sites for hydroxylation is 2. The summed E-state index contributed by atoms with van der Waals surface area (Å²) >= 11 is 1.10. The van der Waals surface area contributed by atoms with Crippen LogP contribution in [0.1, 0.15) is 33.3 Å². The molecule has 0 saturated carbocycles. The fourth-order valence-electron chi connectivity index (χ4n) is 4.24. The van der Waals surface area contributed by atoms with E-state index in [2.05, 4.69) is 10.2 Å². The van der Waals surface area contributed by atoms with Crippen molar-refractivity contribution >= 4 is 33.9 Å². The molecule has 1 aliphatic heterocycles. The topological polar surface area (TPSA) is 92.6 Å². The summed E-state index contributed by atoms with van der Waals surface area (Å²) in [6.45, 7) is 4.08. The second-order valence-electron chi connectivity index (χ2n) is 8.60. The highest BCUT2D eigenvalue weighted by molar-refractivity contribution is 7.15. The second-order valence-corrected chi connectivity index (χ2v) is 9.76. The fourth-order valence-corrected chi connectivity index (χ4v) is 4.95. The van der Waals surface area contributed by atoms with Gasteiger partial charge in [0, 0.05) is 11.1 Å². The van der Waals surface area contributed by atoms with Crippen LogP contribution in [0.2, 0.25) is 0 Å². The number of aliphatic hydroxyl groups is 1. The predicted octanol–water partition coefficient (Wildman–Crippen LogP) is 5.50. The Kier molecular flexibility index (Phi) is 6.54. The molecule has 0 spiro atoms. The molecule has 3 aromatic carbocycles. The van der Waals surface area contributed by atoms with Crippen LogP contribution in [0, 0.1) is 19.7 Å². The van der Waals surface area contributed by atoms with Crippen molar-refractivity contribution in [1.29, 1.82) is 0 Å². The van der Waals surface area contributed by atoms with Gasteiger partial charge in [-0.25, -0.2) is 4.39 Å². The minimum Gasteiger partial charge on any atom is -0.507 e. The van der Waals surface area contributed by atoms with E-state index in [4.69, 9.17) is 4.74 Å². The van der Waals surface area contributed by atoms with Crippen molar-refractivity contribution in [3.05, 3.63) is 111 Å². The van der Waals surface area contributed by atoms with Gasteiger partial charge in [-0.2, -0.15) is 0 Å². The van der Waals surface area contributed by atoms with Crippen LogP contribution in [-0.4, -0.2) is 27.0 Å². The van der Waals surface area contributed by atoms with Crippen molar-refractivity contribution in [1.82, 2.24) is 10.2 Å². The van der Waals surface area contributed by atoms with Gasteiger partial charge in [0.15, 0.2) is 0 Å². The van der Waals surface area contributed by atoms with E-state index in [0.717, 1.165) is 27.4 Å². The highest BCUT2D eigenvalue weighted by Gasteiger charge is 2.49. The van der Waals surface area contributed by atoms with Gasteiger partial charge in [0.25, 0.3) is 5.78 Å². The molecule has 0 bridgehead atoms. The zero-order valence-electron chi connectivity index (χ0n) is 20.0. The molecule has 0 unspecified atom stereocenters. The standard InChI is InChI=1S/C28H22FN3O4S/c1-16-6-5-7-18(14-16)15-36-20-12-10-19(11-13-20)25(33)23-24(21-8-3-4-9-22(21)29)32(27(35)26(23)34)28-31-30-17(2)37-28/h3-14,24,33H,15H2,1-2H3/b25-23+/t24-/m1/s1. The average Bonchev–Trinajstić information content (AvgIpc) is 3.43. The Labute approximate surface area is 216 Å². The van der Waals surface area contributed by atoms with Crippen molar-refractivity contribution < 1.29 is 23.8 Å². The van der Waals surface area contributed by atoms with E-state index in [-0.39, 0.29) is 21.8 Å². The van der Waals surface area contributed by atoms with E-state index in [1.54, 1.807) is 37.3 Å². The van der Waals surface area contributed by atoms with Crippen molar-refractivity contribution in [3.8, 4) is 5.75 Å². The summed E-state index contributed by atoms with van der Waals surface area (Å²) in [5, 5.41) is 19.9. The van der Waals surface area contributed by atoms with Crippen molar-refractivity contribution in [2.45, 2.75) is 26.5 Å². The summed E-state index contributed by atoms with van der Waals surface area (Å²) in [5.41, 5.74) is 2.27. The molecule has 0 aliphatic carbocycles. The maximum absolute atomic E-state index is 14.9. The van der Waals surface area contributed by atoms with Crippen LogP contribution in [0.3, 0.4) is 0 Å². The number of carbonyl (C=O) groups is 2. The van der Waals surface area contributed by atoms with Crippen LogP contribution in [0.4, 0.5) is 9.52 Å². The van der Waals surface area contributed by atoms with Crippen LogP contribution >= 0.6 is 11.3 Å².